The predicted octanol–water partition coefficient (Wildman–Crippen LogP) is 0.394. The Balaban J connectivity index is 2.49. The molecule has 1 N–H and O–H groups in total. The summed E-state index contributed by atoms with van der Waals surface area (Å²) in [6.45, 7) is 7.07. The SMILES string of the molecule is CC(C)(C)OC(=O)N1CCNC(C=O)C1. The average molecular weight is 214 g/mol. The van der Waals surface area contributed by atoms with Crippen molar-refractivity contribution in [2.45, 2.75) is 32.4 Å². The summed E-state index contributed by atoms with van der Waals surface area (Å²) in [5, 5.41) is 3.00. The molecule has 86 valence electrons. The van der Waals surface area contributed by atoms with E-state index in [1.807, 2.05) is 20.8 Å². The fourth-order valence-electron chi connectivity index (χ4n) is 1.36. The van der Waals surface area contributed by atoms with E-state index in [-0.39, 0.29) is 12.1 Å². The molecule has 0 aromatic carbocycles. The van der Waals surface area contributed by atoms with Crippen LogP contribution in [0.2, 0.25) is 0 Å². The molecule has 1 amide bonds. The van der Waals surface area contributed by atoms with E-state index >= 15 is 0 Å². The minimum atomic E-state index is -0.487. The van der Waals surface area contributed by atoms with Gasteiger partial charge in [-0.2, -0.15) is 0 Å². The van der Waals surface area contributed by atoms with Crippen molar-refractivity contribution in [3.05, 3.63) is 0 Å². The maximum atomic E-state index is 11.6. The Morgan fingerprint density at radius 3 is 2.73 bits per heavy atom. The topological polar surface area (TPSA) is 58.6 Å². The van der Waals surface area contributed by atoms with Crippen molar-refractivity contribution in [2.75, 3.05) is 19.6 Å². The van der Waals surface area contributed by atoms with E-state index < -0.39 is 5.60 Å². The molecule has 1 aliphatic rings. The molecule has 1 atom stereocenters. The number of nitrogens with one attached hydrogen (secondary N) is 1. The van der Waals surface area contributed by atoms with Crippen LogP contribution in [0.15, 0.2) is 0 Å². The number of ether oxygens (including phenoxy) is 1. The van der Waals surface area contributed by atoms with Gasteiger partial charge in [0.25, 0.3) is 0 Å². The van der Waals surface area contributed by atoms with Crippen molar-refractivity contribution >= 4 is 12.4 Å². The van der Waals surface area contributed by atoms with Crippen LogP contribution in [0.5, 0.6) is 0 Å². The number of hydrogen-bond acceptors (Lipinski definition) is 4. The van der Waals surface area contributed by atoms with Gasteiger partial charge in [0.15, 0.2) is 0 Å². The van der Waals surface area contributed by atoms with Crippen molar-refractivity contribution in [1.29, 1.82) is 0 Å². The summed E-state index contributed by atoms with van der Waals surface area (Å²) in [5.41, 5.74) is -0.487. The molecule has 0 saturated carbocycles. The summed E-state index contributed by atoms with van der Waals surface area (Å²) in [4.78, 5) is 23.8. The van der Waals surface area contributed by atoms with Gasteiger partial charge in [-0.25, -0.2) is 4.79 Å². The number of hydrogen-bond donors (Lipinski definition) is 1. The maximum absolute atomic E-state index is 11.6. The first-order valence-electron chi connectivity index (χ1n) is 5.09. The molecule has 0 aromatic rings. The van der Waals surface area contributed by atoms with Gasteiger partial charge in [-0.15, -0.1) is 0 Å². The van der Waals surface area contributed by atoms with E-state index in [1.165, 1.54) is 0 Å². The highest BCUT2D eigenvalue weighted by atomic mass is 16.6. The Labute approximate surface area is 89.8 Å². The Hall–Kier alpha value is -1.10. The van der Waals surface area contributed by atoms with Crippen LogP contribution < -0.4 is 5.32 Å². The van der Waals surface area contributed by atoms with E-state index in [2.05, 4.69) is 5.32 Å². The lowest BCUT2D eigenvalue weighted by Gasteiger charge is -2.32. The number of piperazine rings is 1. The summed E-state index contributed by atoms with van der Waals surface area (Å²) in [6, 6.07) is -0.272. The minimum Gasteiger partial charge on any atom is -0.444 e. The fraction of sp³-hybridized carbons (Fsp3) is 0.800. The van der Waals surface area contributed by atoms with Crippen LogP contribution in [0.25, 0.3) is 0 Å². The number of carbonyl (C=O) groups excluding carboxylic acids is 2. The lowest BCUT2D eigenvalue weighted by atomic mass is 10.2. The third kappa shape index (κ3) is 3.87. The first kappa shape index (κ1) is 12.0. The molecule has 5 nitrogen and oxygen atoms in total. The fourth-order valence-corrected chi connectivity index (χ4v) is 1.36. The second-order valence-electron chi connectivity index (χ2n) is 4.62. The molecule has 0 aromatic heterocycles. The van der Waals surface area contributed by atoms with Gasteiger partial charge in [0, 0.05) is 19.6 Å². The first-order chi connectivity index (χ1) is 6.92. The largest absolute Gasteiger partial charge is 0.444 e. The normalized spacial score (nSPS) is 22.3. The standard InChI is InChI=1S/C10H18N2O3/c1-10(2,3)15-9(14)12-5-4-11-8(6-12)7-13/h7-8,11H,4-6H2,1-3H3. The maximum Gasteiger partial charge on any atom is 0.410 e. The zero-order valence-electron chi connectivity index (χ0n) is 9.45. The van der Waals surface area contributed by atoms with Crippen LogP contribution in [0.1, 0.15) is 20.8 Å². The van der Waals surface area contributed by atoms with Crippen molar-refractivity contribution in [2.24, 2.45) is 0 Å². The number of aldehydes is 1. The van der Waals surface area contributed by atoms with Gasteiger partial charge in [-0.3, -0.25) is 0 Å². The Bertz CT molecular complexity index is 248. The molecule has 0 aliphatic carbocycles. The number of rotatable bonds is 1. The molecule has 1 unspecified atom stereocenters. The first-order valence-corrected chi connectivity index (χ1v) is 5.09. The van der Waals surface area contributed by atoms with Crippen LogP contribution >= 0.6 is 0 Å². The zero-order valence-corrected chi connectivity index (χ0v) is 9.45. The number of nitrogens with zero attached hydrogens (tertiary/aromatic N) is 1. The highest BCUT2D eigenvalue weighted by Crippen LogP contribution is 2.10. The molecule has 15 heavy (non-hydrogen) atoms. The summed E-state index contributed by atoms with van der Waals surface area (Å²) in [5.74, 6) is 0. The molecule has 5 heteroatoms. The van der Waals surface area contributed by atoms with Gasteiger partial charge >= 0.3 is 6.09 Å². The third-order valence-electron chi connectivity index (χ3n) is 2.02. The smallest absolute Gasteiger partial charge is 0.410 e. The summed E-state index contributed by atoms with van der Waals surface area (Å²) in [7, 11) is 0. The van der Waals surface area contributed by atoms with Crippen LogP contribution in [0, 0.1) is 0 Å². The van der Waals surface area contributed by atoms with Gasteiger partial charge in [-0.1, -0.05) is 0 Å². The number of carbonyl (C=O) groups is 2. The summed E-state index contributed by atoms with van der Waals surface area (Å²) >= 11 is 0. The molecule has 0 radical (unpaired) electrons. The minimum absolute atomic E-state index is 0.272. The predicted molar refractivity (Wildman–Crippen MR) is 55.7 cm³/mol. The molecule has 0 spiro atoms. The quantitative estimate of drug-likeness (QED) is 0.642. The van der Waals surface area contributed by atoms with E-state index in [0.717, 1.165) is 6.29 Å². The summed E-state index contributed by atoms with van der Waals surface area (Å²) in [6.07, 6.45) is 0.465. The van der Waals surface area contributed by atoms with Crippen LogP contribution in [-0.2, 0) is 9.53 Å². The van der Waals surface area contributed by atoms with Crippen LogP contribution in [0.3, 0.4) is 0 Å². The van der Waals surface area contributed by atoms with Crippen LogP contribution in [0.4, 0.5) is 4.79 Å². The van der Waals surface area contributed by atoms with Crippen molar-refractivity contribution in [1.82, 2.24) is 10.2 Å². The molecule has 1 rings (SSSR count). The molecule has 1 fully saturated rings. The Morgan fingerprint density at radius 1 is 1.53 bits per heavy atom. The van der Waals surface area contributed by atoms with Gasteiger partial charge in [0.05, 0.1) is 6.04 Å². The van der Waals surface area contributed by atoms with Gasteiger partial charge < -0.3 is 19.7 Å². The molecule has 0 bridgehead atoms. The number of amides is 1. The van der Waals surface area contributed by atoms with E-state index in [1.54, 1.807) is 4.90 Å². The lowest BCUT2D eigenvalue weighted by molar-refractivity contribution is -0.110. The van der Waals surface area contributed by atoms with E-state index in [9.17, 15) is 9.59 Å². The Kier molecular flexibility index (Phi) is 3.68. The second-order valence-corrected chi connectivity index (χ2v) is 4.62. The highest BCUT2D eigenvalue weighted by Gasteiger charge is 2.26. The van der Waals surface area contributed by atoms with E-state index in [4.69, 9.17) is 4.74 Å². The molecular formula is C10H18N2O3. The molecular weight excluding hydrogens is 196 g/mol. The zero-order chi connectivity index (χ0) is 11.5. The van der Waals surface area contributed by atoms with Crippen molar-refractivity contribution in [3.8, 4) is 0 Å². The Morgan fingerprint density at radius 2 is 2.20 bits per heavy atom. The summed E-state index contributed by atoms with van der Waals surface area (Å²) < 4.78 is 5.21. The van der Waals surface area contributed by atoms with Crippen molar-refractivity contribution < 1.29 is 14.3 Å². The highest BCUT2D eigenvalue weighted by molar-refractivity contribution is 5.70. The van der Waals surface area contributed by atoms with Crippen LogP contribution in [-0.4, -0.2) is 48.6 Å². The second kappa shape index (κ2) is 4.61. The van der Waals surface area contributed by atoms with E-state index in [0.29, 0.717) is 19.6 Å². The lowest BCUT2D eigenvalue weighted by Crippen LogP contribution is -2.54. The third-order valence-corrected chi connectivity index (χ3v) is 2.02. The molecule has 1 saturated heterocycles. The average Bonchev–Trinajstić information content (AvgIpc) is 2.15. The van der Waals surface area contributed by atoms with Gasteiger partial charge in [0.2, 0.25) is 0 Å². The van der Waals surface area contributed by atoms with Gasteiger partial charge in [-0.05, 0) is 20.8 Å². The molecule has 1 aliphatic heterocycles. The molecule has 1 heterocycles. The van der Waals surface area contributed by atoms with Gasteiger partial charge in [0.1, 0.15) is 11.9 Å². The van der Waals surface area contributed by atoms with Crippen molar-refractivity contribution in [3.63, 3.8) is 0 Å². The monoisotopic (exact) mass is 214 g/mol.